The molecule has 0 amide bonds. The first-order chi connectivity index (χ1) is 20.7. The minimum atomic E-state index is -0.633. The third-order valence-electron chi connectivity index (χ3n) is 7.57. The molecule has 7 nitrogen and oxygen atoms in total. The van der Waals surface area contributed by atoms with Crippen LogP contribution in [0, 0.1) is 30.8 Å². The van der Waals surface area contributed by atoms with Gasteiger partial charge in [-0.1, -0.05) is 60.7 Å². The Bertz CT molecular complexity index is 898. The maximum atomic E-state index is 5.87. The predicted octanol–water partition coefficient (Wildman–Crippen LogP) is 3.57. The molecule has 4 rings (SSSR count). The molecule has 0 spiro atoms. The third-order valence-corrected chi connectivity index (χ3v) is 10.1. The molecule has 0 bridgehead atoms. The van der Waals surface area contributed by atoms with Gasteiger partial charge in [0.1, 0.15) is 0 Å². The Balaban J connectivity index is 1.32. The summed E-state index contributed by atoms with van der Waals surface area (Å²) in [5.74, 6) is 1.41. The molecule has 1 aliphatic heterocycles. The van der Waals surface area contributed by atoms with Gasteiger partial charge >= 0.3 is 0 Å². The first-order valence-electron chi connectivity index (χ1n) is 15.2. The first kappa shape index (κ1) is 33.5. The lowest BCUT2D eigenvalue weighted by atomic mass is 9.98. The minimum absolute atomic E-state index is 0.290. The third kappa shape index (κ3) is 11.3. The quantitative estimate of drug-likeness (QED) is 0.433. The molecule has 229 valence electrons. The number of ether oxygens (including phenoxy) is 5. The monoisotopic (exact) mass is 595 g/mol. The lowest BCUT2D eigenvalue weighted by Crippen LogP contribution is -2.42. The van der Waals surface area contributed by atoms with Gasteiger partial charge in [-0.3, -0.25) is 4.90 Å². The van der Waals surface area contributed by atoms with E-state index >= 15 is 0 Å². The van der Waals surface area contributed by atoms with E-state index in [1.807, 2.05) is 0 Å². The zero-order chi connectivity index (χ0) is 29.2. The molecular formula is C34H48N2O5P. The zero-order valence-corrected chi connectivity index (χ0v) is 26.3. The molecule has 1 aliphatic carbocycles. The number of nitrogens with zero attached hydrogens (tertiary/aromatic N) is 2. The molecule has 8 heteroatoms. The Labute approximate surface area is 255 Å². The highest BCUT2D eigenvalue weighted by molar-refractivity contribution is 7.76. The van der Waals surface area contributed by atoms with Crippen molar-refractivity contribution in [2.75, 3.05) is 99.3 Å². The van der Waals surface area contributed by atoms with Crippen molar-refractivity contribution < 1.29 is 23.7 Å². The molecule has 42 heavy (non-hydrogen) atoms. The van der Waals surface area contributed by atoms with E-state index in [4.69, 9.17) is 23.7 Å². The maximum Gasteiger partial charge on any atom is 0.0701 e. The van der Waals surface area contributed by atoms with Crippen LogP contribution in [-0.4, -0.2) is 115 Å². The molecule has 2 fully saturated rings. The van der Waals surface area contributed by atoms with Crippen molar-refractivity contribution in [1.29, 1.82) is 0 Å². The van der Waals surface area contributed by atoms with E-state index in [1.54, 1.807) is 0 Å². The van der Waals surface area contributed by atoms with Gasteiger partial charge in [0, 0.05) is 43.8 Å². The van der Waals surface area contributed by atoms with Gasteiger partial charge in [0.2, 0.25) is 0 Å². The van der Waals surface area contributed by atoms with E-state index in [0.717, 1.165) is 26.2 Å². The van der Waals surface area contributed by atoms with Crippen molar-refractivity contribution >= 4 is 18.5 Å². The standard InChI is InChI=1S/C34H48N2O5P/c1-30(33-14-9-15-34(33)42(31-10-5-3-6-11-31)32-12-7-4-8-13-32)35(2)16-17-36-18-20-37-22-24-39-26-28-41-29-27-40-25-23-38-21-19-36/h3-15,30H,16-29H2,1-2H3/t30-/m0/s1. The van der Waals surface area contributed by atoms with E-state index in [-0.39, 0.29) is 0 Å². The Morgan fingerprint density at radius 3 is 1.60 bits per heavy atom. The molecule has 1 atom stereocenters. The molecular weight excluding hydrogens is 547 g/mol. The van der Waals surface area contributed by atoms with Crippen molar-refractivity contribution in [2.45, 2.75) is 13.0 Å². The summed E-state index contributed by atoms with van der Waals surface area (Å²) < 4.78 is 28.4. The predicted molar refractivity (Wildman–Crippen MR) is 171 cm³/mol. The summed E-state index contributed by atoms with van der Waals surface area (Å²) in [7, 11) is 1.61. The van der Waals surface area contributed by atoms with Crippen LogP contribution in [-0.2, 0) is 23.7 Å². The number of benzene rings is 2. The van der Waals surface area contributed by atoms with Crippen molar-refractivity contribution in [3.05, 3.63) is 91.5 Å². The summed E-state index contributed by atoms with van der Waals surface area (Å²) in [5.41, 5.74) is 1.44. The summed E-state index contributed by atoms with van der Waals surface area (Å²) in [4.78, 5) is 4.91. The van der Waals surface area contributed by atoms with Crippen molar-refractivity contribution in [1.82, 2.24) is 9.80 Å². The van der Waals surface area contributed by atoms with Crippen LogP contribution >= 0.6 is 7.92 Å². The van der Waals surface area contributed by atoms with Crippen LogP contribution in [0.3, 0.4) is 0 Å². The zero-order valence-electron chi connectivity index (χ0n) is 25.4. The van der Waals surface area contributed by atoms with Crippen molar-refractivity contribution in [3.8, 4) is 0 Å². The summed E-state index contributed by atoms with van der Waals surface area (Å²) >= 11 is 0. The first-order valence-corrected chi connectivity index (χ1v) is 16.6. The summed E-state index contributed by atoms with van der Waals surface area (Å²) in [6.45, 7) is 12.0. The van der Waals surface area contributed by atoms with E-state index in [2.05, 4.69) is 104 Å². The second-order valence-corrected chi connectivity index (χ2v) is 12.6. The highest BCUT2D eigenvalue weighted by atomic mass is 31.1. The summed E-state index contributed by atoms with van der Waals surface area (Å²) in [5, 5.41) is 2.77. The van der Waals surface area contributed by atoms with Gasteiger partial charge < -0.3 is 28.6 Å². The fourth-order valence-electron chi connectivity index (χ4n) is 5.00. The smallest absolute Gasteiger partial charge is 0.0701 e. The Morgan fingerprint density at radius 2 is 1.12 bits per heavy atom. The Hall–Kier alpha value is -1.41. The minimum Gasteiger partial charge on any atom is -0.378 e. The average Bonchev–Trinajstić information content (AvgIpc) is 3.50. The molecule has 0 unspecified atom stereocenters. The van der Waals surface area contributed by atoms with Crippen molar-refractivity contribution in [2.24, 2.45) is 0 Å². The lowest BCUT2D eigenvalue weighted by Gasteiger charge is -2.37. The highest BCUT2D eigenvalue weighted by Gasteiger charge is 2.40. The van der Waals surface area contributed by atoms with Gasteiger partial charge in [-0.15, -0.1) is 0 Å². The molecule has 5 radical (unpaired) electrons. The second-order valence-electron chi connectivity index (χ2n) is 10.4. The van der Waals surface area contributed by atoms with Crippen LogP contribution in [0.2, 0.25) is 0 Å². The second kappa shape index (κ2) is 19.8. The summed E-state index contributed by atoms with van der Waals surface area (Å²) in [6.07, 6.45) is 6.86. The molecule has 2 aromatic rings. The van der Waals surface area contributed by atoms with Gasteiger partial charge in [-0.2, -0.15) is 0 Å². The number of likely N-dealkylation sites (N-methyl/N-ethyl adjacent to an activating group) is 1. The largest absolute Gasteiger partial charge is 0.378 e. The normalized spacial score (nSPS) is 21.3. The maximum absolute atomic E-state index is 5.87. The topological polar surface area (TPSA) is 52.6 Å². The number of hydrogen-bond donors (Lipinski definition) is 0. The van der Waals surface area contributed by atoms with Crippen LogP contribution in [0.4, 0.5) is 0 Å². The van der Waals surface area contributed by atoms with Gasteiger partial charge in [-0.25, -0.2) is 0 Å². The van der Waals surface area contributed by atoms with Crippen molar-refractivity contribution in [3.63, 3.8) is 0 Å². The van der Waals surface area contributed by atoms with Crippen LogP contribution in [0.25, 0.3) is 0 Å². The van der Waals surface area contributed by atoms with E-state index in [9.17, 15) is 0 Å². The fourth-order valence-corrected chi connectivity index (χ4v) is 7.55. The molecule has 0 aromatic heterocycles. The average molecular weight is 596 g/mol. The highest BCUT2D eigenvalue weighted by Crippen LogP contribution is 2.57. The molecule has 2 aromatic carbocycles. The van der Waals surface area contributed by atoms with Gasteiger partial charge in [0.15, 0.2) is 0 Å². The molecule has 1 saturated heterocycles. The van der Waals surface area contributed by atoms with Crippen LogP contribution in [0.5, 0.6) is 0 Å². The fraction of sp³-hybridized carbons (Fsp3) is 0.500. The number of rotatable bonds is 8. The molecule has 2 aliphatic rings. The van der Waals surface area contributed by atoms with Gasteiger partial charge in [0.25, 0.3) is 0 Å². The van der Waals surface area contributed by atoms with Crippen LogP contribution in [0.1, 0.15) is 6.92 Å². The van der Waals surface area contributed by atoms with E-state index < -0.39 is 7.92 Å². The lowest BCUT2D eigenvalue weighted by molar-refractivity contribution is -0.0189. The van der Waals surface area contributed by atoms with Crippen LogP contribution < -0.4 is 10.6 Å². The van der Waals surface area contributed by atoms with Gasteiger partial charge in [0.05, 0.1) is 66.1 Å². The van der Waals surface area contributed by atoms with E-state index in [1.165, 1.54) is 22.2 Å². The molecule has 1 saturated carbocycles. The van der Waals surface area contributed by atoms with Crippen LogP contribution in [0.15, 0.2) is 60.7 Å². The Morgan fingerprint density at radius 1 is 0.667 bits per heavy atom. The summed E-state index contributed by atoms with van der Waals surface area (Å²) in [6, 6.07) is 22.2. The SMILES string of the molecule is C[C@@H]([C]1[CH][CH][CH][C]1P(c1ccccc1)c1ccccc1)N(C)CCN1CCOCCOCCOCCOCCOCC1. The Kier molecular flexibility index (Phi) is 15.8. The number of hydrogen-bond acceptors (Lipinski definition) is 7. The molecule has 1 heterocycles. The van der Waals surface area contributed by atoms with Gasteiger partial charge in [-0.05, 0) is 51.8 Å². The van der Waals surface area contributed by atoms with E-state index in [0.29, 0.717) is 72.1 Å². The molecule has 0 N–H and O–H groups in total.